The van der Waals surface area contributed by atoms with Crippen LogP contribution in [0.25, 0.3) is 11.1 Å². The number of nitrogens with zero attached hydrogens (tertiary/aromatic N) is 2. The van der Waals surface area contributed by atoms with E-state index < -0.39 is 0 Å². The Morgan fingerprint density at radius 3 is 2.68 bits per heavy atom. The molecule has 2 aromatic carbocycles. The molecule has 5 heteroatoms. The highest BCUT2D eigenvalue weighted by molar-refractivity contribution is 5.81. The molecule has 0 bridgehead atoms. The third-order valence-electron chi connectivity index (χ3n) is 7.43. The molecular formula is C26H29N3O2. The molecule has 2 heterocycles. The van der Waals surface area contributed by atoms with Gasteiger partial charge in [0.05, 0.1) is 30.3 Å². The molecule has 1 saturated heterocycles. The predicted octanol–water partition coefficient (Wildman–Crippen LogP) is 4.48. The van der Waals surface area contributed by atoms with Gasteiger partial charge in [0.2, 0.25) is 5.91 Å². The van der Waals surface area contributed by atoms with E-state index in [4.69, 9.17) is 0 Å². The number of carbonyl (C=O) groups excluding carboxylic acids is 1. The summed E-state index contributed by atoms with van der Waals surface area (Å²) in [5.41, 5.74) is 4.84. The second-order valence-corrected chi connectivity index (χ2v) is 9.19. The molecule has 160 valence electrons. The number of carbonyl (C=O) groups is 1. The van der Waals surface area contributed by atoms with Crippen LogP contribution in [0.2, 0.25) is 0 Å². The number of benzene rings is 2. The third-order valence-corrected chi connectivity index (χ3v) is 7.43. The highest BCUT2D eigenvalue weighted by Gasteiger charge is 2.46. The summed E-state index contributed by atoms with van der Waals surface area (Å²) in [5.74, 6) is 0.660. The van der Waals surface area contributed by atoms with Crippen LogP contribution in [0.3, 0.4) is 0 Å². The van der Waals surface area contributed by atoms with Crippen molar-refractivity contribution in [3.05, 3.63) is 53.6 Å². The fourth-order valence-corrected chi connectivity index (χ4v) is 5.84. The van der Waals surface area contributed by atoms with Crippen molar-refractivity contribution in [2.24, 2.45) is 11.8 Å². The largest absolute Gasteiger partial charge is 0.394 e. The maximum absolute atomic E-state index is 13.5. The zero-order chi connectivity index (χ0) is 21.4. The monoisotopic (exact) mass is 415 g/mol. The lowest BCUT2D eigenvalue weighted by molar-refractivity contribution is -0.138. The highest BCUT2D eigenvalue weighted by Crippen LogP contribution is 2.48. The Bertz CT molecular complexity index is 1020. The number of anilines is 1. The average molecular weight is 416 g/mol. The number of likely N-dealkylation sites (tertiary alicyclic amines) is 1. The number of fused-ring (bicyclic) bond motifs is 3. The Morgan fingerprint density at radius 1 is 1.10 bits per heavy atom. The van der Waals surface area contributed by atoms with Crippen LogP contribution in [-0.2, 0) is 4.79 Å². The van der Waals surface area contributed by atoms with Gasteiger partial charge in [-0.1, -0.05) is 37.5 Å². The molecule has 0 spiro atoms. The first kappa shape index (κ1) is 20.1. The van der Waals surface area contributed by atoms with Crippen LogP contribution < -0.4 is 5.32 Å². The van der Waals surface area contributed by atoms with Crippen LogP contribution in [-0.4, -0.2) is 35.1 Å². The molecule has 2 N–H and O–H groups in total. The van der Waals surface area contributed by atoms with Crippen LogP contribution >= 0.6 is 0 Å². The molecule has 0 aromatic heterocycles. The Morgan fingerprint density at radius 2 is 1.90 bits per heavy atom. The fourth-order valence-electron chi connectivity index (χ4n) is 5.84. The van der Waals surface area contributed by atoms with E-state index in [0.29, 0.717) is 11.5 Å². The number of rotatable bonds is 3. The van der Waals surface area contributed by atoms with E-state index in [1.165, 1.54) is 6.42 Å². The second-order valence-electron chi connectivity index (χ2n) is 9.19. The maximum Gasteiger partial charge on any atom is 0.226 e. The van der Waals surface area contributed by atoms with Crippen molar-refractivity contribution in [1.29, 1.82) is 5.26 Å². The summed E-state index contributed by atoms with van der Waals surface area (Å²) >= 11 is 0. The number of nitriles is 1. The van der Waals surface area contributed by atoms with E-state index >= 15 is 0 Å². The molecule has 3 aliphatic rings. The molecule has 31 heavy (non-hydrogen) atoms. The maximum atomic E-state index is 13.5. The third kappa shape index (κ3) is 3.59. The van der Waals surface area contributed by atoms with E-state index in [1.54, 1.807) is 0 Å². The molecule has 1 amide bonds. The number of aliphatic hydroxyl groups excluding tert-OH is 1. The van der Waals surface area contributed by atoms with Gasteiger partial charge in [0.15, 0.2) is 0 Å². The smallest absolute Gasteiger partial charge is 0.226 e. The van der Waals surface area contributed by atoms with E-state index in [1.807, 2.05) is 24.3 Å². The van der Waals surface area contributed by atoms with Gasteiger partial charge in [-0.15, -0.1) is 0 Å². The predicted molar refractivity (Wildman–Crippen MR) is 120 cm³/mol. The van der Waals surface area contributed by atoms with Gasteiger partial charge in [0.25, 0.3) is 0 Å². The van der Waals surface area contributed by atoms with Crippen LogP contribution in [0.5, 0.6) is 0 Å². The second kappa shape index (κ2) is 8.36. The van der Waals surface area contributed by atoms with Crippen molar-refractivity contribution in [2.45, 2.75) is 50.6 Å². The van der Waals surface area contributed by atoms with Gasteiger partial charge in [-0.3, -0.25) is 4.79 Å². The van der Waals surface area contributed by atoms with Crippen LogP contribution in [0, 0.1) is 23.2 Å². The number of aliphatic hydroxyl groups is 1. The molecule has 2 fully saturated rings. The Balaban J connectivity index is 1.53. The summed E-state index contributed by atoms with van der Waals surface area (Å²) in [7, 11) is 0. The minimum atomic E-state index is -0.0329. The van der Waals surface area contributed by atoms with Crippen molar-refractivity contribution >= 4 is 11.6 Å². The number of hydrogen-bond acceptors (Lipinski definition) is 4. The zero-order valence-electron chi connectivity index (χ0n) is 17.8. The fraction of sp³-hybridized carbons (Fsp3) is 0.462. The van der Waals surface area contributed by atoms with E-state index in [9.17, 15) is 15.2 Å². The van der Waals surface area contributed by atoms with Crippen molar-refractivity contribution in [3.63, 3.8) is 0 Å². The summed E-state index contributed by atoms with van der Waals surface area (Å²) in [4.78, 5) is 15.6. The van der Waals surface area contributed by atoms with Crippen LogP contribution in [0.4, 0.5) is 5.69 Å². The minimum absolute atomic E-state index is 0.00178. The molecule has 0 unspecified atom stereocenters. The van der Waals surface area contributed by atoms with Crippen molar-refractivity contribution in [2.75, 3.05) is 18.5 Å². The number of amides is 1. The van der Waals surface area contributed by atoms with Crippen molar-refractivity contribution < 1.29 is 9.90 Å². The molecule has 3 atom stereocenters. The first-order chi connectivity index (χ1) is 15.2. The molecule has 1 aliphatic carbocycles. The highest BCUT2D eigenvalue weighted by atomic mass is 16.3. The Hall–Kier alpha value is -2.84. The summed E-state index contributed by atoms with van der Waals surface area (Å²) in [5, 5.41) is 22.8. The lowest BCUT2D eigenvalue weighted by Gasteiger charge is -2.40. The van der Waals surface area contributed by atoms with Gasteiger partial charge in [0.1, 0.15) is 0 Å². The van der Waals surface area contributed by atoms with Gasteiger partial charge in [0, 0.05) is 24.1 Å². The zero-order valence-corrected chi connectivity index (χ0v) is 17.8. The normalized spacial score (nSPS) is 25.3. The minimum Gasteiger partial charge on any atom is -0.394 e. The molecule has 2 aliphatic heterocycles. The Labute approximate surface area is 183 Å². The van der Waals surface area contributed by atoms with E-state index in [0.717, 1.165) is 61.0 Å². The van der Waals surface area contributed by atoms with Crippen LogP contribution in [0.15, 0.2) is 42.5 Å². The van der Waals surface area contributed by atoms with Gasteiger partial charge in [-0.05, 0) is 60.2 Å². The number of nitrogens with one attached hydrogen (secondary N) is 1. The van der Waals surface area contributed by atoms with Crippen LogP contribution in [0.1, 0.15) is 55.7 Å². The standard InChI is InChI=1S/C26H29N3O2/c27-15-17-5-4-8-19(13-17)20-9-10-23-22(14-20)25-21(24(16-30)28-23)11-12-29(25)26(31)18-6-2-1-3-7-18/h4-5,8-10,13-14,18,21,24-25,28,30H,1-3,6-7,11-12,16H2/t21-,24+,25-/m1/s1. The molecule has 1 saturated carbocycles. The summed E-state index contributed by atoms with van der Waals surface area (Å²) in [6.45, 7) is 0.828. The van der Waals surface area contributed by atoms with E-state index in [-0.39, 0.29) is 30.5 Å². The molecule has 5 rings (SSSR count). The van der Waals surface area contributed by atoms with Crippen molar-refractivity contribution in [3.8, 4) is 17.2 Å². The SMILES string of the molecule is N#Cc1cccc(-c2ccc3c(c2)[C@H]2[C@H](CCN2C(=O)C2CCCCC2)[C@H](CO)N3)c1. The topological polar surface area (TPSA) is 76.4 Å². The van der Waals surface area contributed by atoms with Gasteiger partial charge in [-0.25, -0.2) is 0 Å². The summed E-state index contributed by atoms with van der Waals surface area (Å²) in [6, 6.07) is 16.1. The lowest BCUT2D eigenvalue weighted by atomic mass is 9.81. The first-order valence-corrected chi connectivity index (χ1v) is 11.5. The molecule has 5 nitrogen and oxygen atoms in total. The number of hydrogen-bond donors (Lipinski definition) is 2. The van der Waals surface area contributed by atoms with Crippen molar-refractivity contribution in [1.82, 2.24) is 4.90 Å². The first-order valence-electron chi connectivity index (χ1n) is 11.5. The van der Waals surface area contributed by atoms with E-state index in [2.05, 4.69) is 34.5 Å². The average Bonchev–Trinajstić information content (AvgIpc) is 3.29. The van der Waals surface area contributed by atoms with Gasteiger partial charge >= 0.3 is 0 Å². The molecular weight excluding hydrogens is 386 g/mol. The van der Waals surface area contributed by atoms with Gasteiger partial charge < -0.3 is 15.3 Å². The summed E-state index contributed by atoms with van der Waals surface area (Å²) < 4.78 is 0. The summed E-state index contributed by atoms with van der Waals surface area (Å²) in [6.07, 6.45) is 6.45. The quantitative estimate of drug-likeness (QED) is 0.775. The Kier molecular flexibility index (Phi) is 5.41. The van der Waals surface area contributed by atoms with Gasteiger partial charge in [-0.2, -0.15) is 5.26 Å². The molecule has 0 radical (unpaired) electrons. The molecule has 2 aromatic rings. The lowest BCUT2D eigenvalue weighted by Crippen LogP contribution is -2.44.